The van der Waals surface area contributed by atoms with Crippen LogP contribution in [-0.2, 0) is 4.74 Å². The highest BCUT2D eigenvalue weighted by Crippen LogP contribution is 2.29. The highest BCUT2D eigenvalue weighted by molar-refractivity contribution is 5.49. The van der Waals surface area contributed by atoms with Gasteiger partial charge in [-0.1, -0.05) is 12.1 Å². The number of benzene rings is 1. The Labute approximate surface area is 109 Å². The number of anilines is 1. The van der Waals surface area contributed by atoms with Gasteiger partial charge in [-0.2, -0.15) is 0 Å². The van der Waals surface area contributed by atoms with E-state index in [9.17, 15) is 0 Å². The fourth-order valence-corrected chi connectivity index (χ4v) is 2.35. The fraction of sp³-hybridized carbons (Fsp3) is 0.467. The summed E-state index contributed by atoms with van der Waals surface area (Å²) in [7, 11) is 6.13. The van der Waals surface area contributed by atoms with Crippen molar-refractivity contribution in [2.75, 3.05) is 32.6 Å². The maximum atomic E-state index is 5.45. The van der Waals surface area contributed by atoms with Crippen LogP contribution in [0.5, 0.6) is 0 Å². The molecule has 1 aromatic rings. The van der Waals surface area contributed by atoms with Crippen LogP contribution >= 0.6 is 0 Å². The first-order valence-electron chi connectivity index (χ1n) is 6.47. The zero-order valence-corrected chi connectivity index (χ0v) is 11.4. The molecule has 3 heteroatoms. The molecule has 0 bridgehead atoms. The van der Waals surface area contributed by atoms with Gasteiger partial charge in [-0.15, -0.1) is 0 Å². The smallest absolute Gasteiger partial charge is 0.0876 e. The van der Waals surface area contributed by atoms with Gasteiger partial charge in [0.2, 0.25) is 0 Å². The lowest BCUT2D eigenvalue weighted by Crippen LogP contribution is -2.21. The lowest BCUT2D eigenvalue weighted by molar-refractivity contribution is 0.220. The van der Waals surface area contributed by atoms with Gasteiger partial charge in [0.25, 0.3) is 0 Å². The monoisotopic (exact) mass is 246 g/mol. The lowest BCUT2D eigenvalue weighted by atomic mass is 9.95. The van der Waals surface area contributed by atoms with Crippen LogP contribution in [0.1, 0.15) is 24.4 Å². The van der Waals surface area contributed by atoms with Gasteiger partial charge < -0.3 is 15.0 Å². The standard InChI is InChI=1S/C15H22N2O/c1-16-15(13-7-5-9-18-11-13)12-6-4-8-14(10-12)17(2)3/h4,6,8,10-11,15-16H,5,7,9H2,1-3H3. The van der Waals surface area contributed by atoms with Crippen LogP contribution in [0.2, 0.25) is 0 Å². The lowest BCUT2D eigenvalue weighted by Gasteiger charge is -2.24. The number of hydrogen-bond acceptors (Lipinski definition) is 3. The molecule has 18 heavy (non-hydrogen) atoms. The fourth-order valence-electron chi connectivity index (χ4n) is 2.35. The Hall–Kier alpha value is -1.48. The molecule has 3 nitrogen and oxygen atoms in total. The number of ether oxygens (including phenoxy) is 1. The summed E-state index contributed by atoms with van der Waals surface area (Å²) in [5, 5.41) is 3.39. The molecule has 0 spiro atoms. The van der Waals surface area contributed by atoms with E-state index in [2.05, 4.69) is 48.6 Å². The minimum atomic E-state index is 0.255. The van der Waals surface area contributed by atoms with E-state index in [1.807, 2.05) is 13.3 Å². The van der Waals surface area contributed by atoms with Gasteiger partial charge in [0.15, 0.2) is 0 Å². The third-order valence-corrected chi connectivity index (χ3v) is 3.34. The zero-order valence-electron chi connectivity index (χ0n) is 11.4. The van der Waals surface area contributed by atoms with Crippen LogP contribution in [0.4, 0.5) is 5.69 Å². The molecule has 0 aromatic heterocycles. The Bertz CT molecular complexity index is 426. The Morgan fingerprint density at radius 3 is 2.78 bits per heavy atom. The van der Waals surface area contributed by atoms with Crippen molar-refractivity contribution in [1.29, 1.82) is 0 Å². The first-order chi connectivity index (χ1) is 8.72. The third-order valence-electron chi connectivity index (χ3n) is 3.34. The van der Waals surface area contributed by atoms with Gasteiger partial charge in [-0.05, 0) is 43.2 Å². The van der Waals surface area contributed by atoms with Gasteiger partial charge in [-0.25, -0.2) is 0 Å². The summed E-state index contributed by atoms with van der Waals surface area (Å²) >= 11 is 0. The molecule has 0 amide bonds. The van der Waals surface area contributed by atoms with Crippen LogP contribution in [0.15, 0.2) is 36.1 Å². The molecule has 1 atom stereocenters. The minimum absolute atomic E-state index is 0.255. The van der Waals surface area contributed by atoms with Crippen LogP contribution in [-0.4, -0.2) is 27.7 Å². The quantitative estimate of drug-likeness (QED) is 0.884. The number of rotatable bonds is 4. The number of likely N-dealkylation sites (N-methyl/N-ethyl adjacent to an activating group) is 1. The molecular formula is C15H22N2O. The summed E-state index contributed by atoms with van der Waals surface area (Å²) < 4.78 is 5.45. The molecule has 1 unspecified atom stereocenters. The summed E-state index contributed by atoms with van der Waals surface area (Å²) in [6.45, 7) is 0.845. The van der Waals surface area contributed by atoms with Crippen LogP contribution in [0, 0.1) is 0 Å². The highest BCUT2D eigenvalue weighted by Gasteiger charge is 2.17. The maximum absolute atomic E-state index is 5.45. The van der Waals surface area contributed by atoms with Gasteiger partial charge in [0.05, 0.1) is 18.9 Å². The molecule has 1 aliphatic heterocycles. The van der Waals surface area contributed by atoms with Gasteiger partial charge in [0.1, 0.15) is 0 Å². The Balaban J connectivity index is 2.26. The molecule has 0 fully saturated rings. The normalized spacial score (nSPS) is 16.7. The summed E-state index contributed by atoms with van der Waals surface area (Å²) in [6.07, 6.45) is 4.14. The van der Waals surface area contributed by atoms with Crippen molar-refractivity contribution in [1.82, 2.24) is 5.32 Å². The first-order valence-corrected chi connectivity index (χ1v) is 6.47. The van der Waals surface area contributed by atoms with Crippen molar-refractivity contribution in [3.05, 3.63) is 41.7 Å². The summed E-state index contributed by atoms with van der Waals surface area (Å²) in [4.78, 5) is 2.13. The number of nitrogens with zero attached hydrogens (tertiary/aromatic N) is 1. The number of nitrogens with one attached hydrogen (secondary N) is 1. The summed E-state index contributed by atoms with van der Waals surface area (Å²) in [5.74, 6) is 0. The van der Waals surface area contributed by atoms with E-state index in [0.717, 1.165) is 19.4 Å². The van der Waals surface area contributed by atoms with Crippen LogP contribution < -0.4 is 10.2 Å². The van der Waals surface area contributed by atoms with Gasteiger partial charge in [0, 0.05) is 19.8 Å². The van der Waals surface area contributed by atoms with Crippen molar-refractivity contribution in [2.45, 2.75) is 18.9 Å². The third kappa shape index (κ3) is 2.85. The molecule has 0 saturated carbocycles. The average molecular weight is 246 g/mol. The van der Waals surface area contributed by atoms with Crippen LogP contribution in [0.25, 0.3) is 0 Å². The largest absolute Gasteiger partial charge is 0.501 e. The van der Waals surface area contributed by atoms with Crippen molar-refractivity contribution in [3.63, 3.8) is 0 Å². The molecule has 0 saturated heterocycles. The van der Waals surface area contributed by atoms with Gasteiger partial charge >= 0.3 is 0 Å². The second-order valence-corrected chi connectivity index (χ2v) is 4.88. The Kier molecular flexibility index (Phi) is 4.26. The molecule has 2 rings (SSSR count). The zero-order chi connectivity index (χ0) is 13.0. The average Bonchev–Trinajstić information content (AvgIpc) is 2.41. The molecule has 1 aliphatic rings. The molecule has 1 N–H and O–H groups in total. The topological polar surface area (TPSA) is 24.5 Å². The van der Waals surface area contributed by atoms with E-state index in [1.165, 1.54) is 16.8 Å². The number of hydrogen-bond donors (Lipinski definition) is 1. The molecular weight excluding hydrogens is 224 g/mol. The van der Waals surface area contributed by atoms with Crippen molar-refractivity contribution < 1.29 is 4.74 Å². The van der Waals surface area contributed by atoms with E-state index in [-0.39, 0.29) is 6.04 Å². The first kappa shape index (κ1) is 13.0. The van der Waals surface area contributed by atoms with Crippen molar-refractivity contribution >= 4 is 5.69 Å². The molecule has 98 valence electrons. The molecule has 0 aliphatic carbocycles. The van der Waals surface area contributed by atoms with E-state index in [1.54, 1.807) is 0 Å². The SMILES string of the molecule is CNC(C1=COCCC1)c1cccc(N(C)C)c1. The van der Waals surface area contributed by atoms with Crippen LogP contribution in [0.3, 0.4) is 0 Å². The predicted molar refractivity (Wildman–Crippen MR) is 75.8 cm³/mol. The predicted octanol–water partition coefficient (Wildman–Crippen LogP) is 2.71. The second-order valence-electron chi connectivity index (χ2n) is 4.88. The van der Waals surface area contributed by atoms with E-state index >= 15 is 0 Å². The van der Waals surface area contributed by atoms with E-state index in [0.29, 0.717) is 0 Å². The van der Waals surface area contributed by atoms with Gasteiger partial charge in [-0.3, -0.25) is 0 Å². The summed E-state index contributed by atoms with van der Waals surface area (Å²) in [6, 6.07) is 8.90. The van der Waals surface area contributed by atoms with Crippen molar-refractivity contribution in [3.8, 4) is 0 Å². The molecule has 0 radical (unpaired) electrons. The maximum Gasteiger partial charge on any atom is 0.0876 e. The minimum Gasteiger partial charge on any atom is -0.501 e. The molecule has 1 aromatic carbocycles. The van der Waals surface area contributed by atoms with E-state index < -0.39 is 0 Å². The van der Waals surface area contributed by atoms with E-state index in [4.69, 9.17) is 4.74 Å². The second kappa shape index (κ2) is 5.91. The van der Waals surface area contributed by atoms with Crippen molar-refractivity contribution in [2.24, 2.45) is 0 Å². The Morgan fingerprint density at radius 2 is 2.17 bits per heavy atom. The summed E-state index contributed by atoms with van der Waals surface area (Å²) in [5.41, 5.74) is 3.85. The highest BCUT2D eigenvalue weighted by atomic mass is 16.5. The molecule has 1 heterocycles. The Morgan fingerprint density at radius 1 is 1.33 bits per heavy atom.